The molecule has 0 aliphatic carbocycles. The Morgan fingerprint density at radius 2 is 2.09 bits per heavy atom. The standard InChI is InChI=1S/C9H20NO/c1-5-7-8(3)9(6-2)11(4)10/h7,9H,5-6,10H2,1-4H3/q+1/b8-7+. The molecule has 0 fully saturated rings. The van der Waals surface area contributed by atoms with E-state index in [9.17, 15) is 0 Å². The molecule has 0 rings (SSSR count). The number of hydrogen-bond acceptors (Lipinski definition) is 1. The van der Waals surface area contributed by atoms with E-state index in [0.29, 0.717) is 6.10 Å². The predicted molar refractivity (Wildman–Crippen MR) is 49.3 cm³/mol. The Morgan fingerprint density at radius 1 is 1.55 bits per heavy atom. The Hall–Kier alpha value is -0.340. The molecule has 0 aromatic heterocycles. The van der Waals surface area contributed by atoms with E-state index in [0.717, 1.165) is 12.8 Å². The van der Waals surface area contributed by atoms with Gasteiger partial charge in [-0.2, -0.15) is 0 Å². The van der Waals surface area contributed by atoms with Gasteiger partial charge in [-0.25, -0.2) is 0 Å². The lowest BCUT2D eigenvalue weighted by Gasteiger charge is -2.17. The second kappa shape index (κ2) is 5.33. The van der Waals surface area contributed by atoms with Gasteiger partial charge in [0.1, 0.15) is 0 Å². The van der Waals surface area contributed by atoms with Crippen LogP contribution < -0.4 is 5.90 Å². The van der Waals surface area contributed by atoms with Crippen LogP contribution in [0.5, 0.6) is 0 Å². The topological polar surface area (TPSA) is 28.7 Å². The van der Waals surface area contributed by atoms with E-state index in [4.69, 9.17) is 5.90 Å². The van der Waals surface area contributed by atoms with Gasteiger partial charge in [-0.15, -0.1) is 5.90 Å². The SMILES string of the molecule is CC/C=C(\C)C(CC)[O+](C)N. The molecule has 1 atom stereocenters. The molecule has 0 bridgehead atoms. The third-order valence-corrected chi connectivity index (χ3v) is 1.85. The van der Waals surface area contributed by atoms with Crippen LogP contribution in [0.25, 0.3) is 0 Å². The molecule has 0 spiro atoms. The van der Waals surface area contributed by atoms with Gasteiger partial charge >= 0.3 is 0 Å². The second-order valence-electron chi connectivity index (χ2n) is 2.86. The summed E-state index contributed by atoms with van der Waals surface area (Å²) in [7, 11) is 1.83. The summed E-state index contributed by atoms with van der Waals surface area (Å²) in [6.45, 7) is 6.39. The molecule has 1 unspecified atom stereocenters. The average molecular weight is 158 g/mol. The van der Waals surface area contributed by atoms with Crippen molar-refractivity contribution in [2.45, 2.75) is 39.7 Å². The van der Waals surface area contributed by atoms with Crippen LogP contribution in [-0.4, -0.2) is 13.2 Å². The van der Waals surface area contributed by atoms with Crippen LogP contribution >= 0.6 is 0 Å². The highest BCUT2D eigenvalue weighted by Crippen LogP contribution is 2.12. The van der Waals surface area contributed by atoms with Crippen molar-refractivity contribution in [2.24, 2.45) is 5.90 Å². The summed E-state index contributed by atoms with van der Waals surface area (Å²) >= 11 is 0. The van der Waals surface area contributed by atoms with E-state index in [1.54, 1.807) is 0 Å². The van der Waals surface area contributed by atoms with E-state index >= 15 is 0 Å². The van der Waals surface area contributed by atoms with Crippen molar-refractivity contribution in [2.75, 3.05) is 7.11 Å². The molecule has 0 amide bonds. The van der Waals surface area contributed by atoms with E-state index in [-0.39, 0.29) is 0 Å². The van der Waals surface area contributed by atoms with Crippen molar-refractivity contribution < 1.29 is 4.47 Å². The lowest BCUT2D eigenvalue weighted by molar-refractivity contribution is -0.146. The fourth-order valence-corrected chi connectivity index (χ4v) is 1.33. The molecule has 11 heavy (non-hydrogen) atoms. The van der Waals surface area contributed by atoms with Crippen molar-refractivity contribution in [3.63, 3.8) is 0 Å². The van der Waals surface area contributed by atoms with E-state index in [1.165, 1.54) is 5.57 Å². The van der Waals surface area contributed by atoms with E-state index < -0.39 is 0 Å². The zero-order valence-corrected chi connectivity index (χ0v) is 8.05. The third-order valence-electron chi connectivity index (χ3n) is 1.85. The molecule has 0 aromatic rings. The van der Waals surface area contributed by atoms with Gasteiger partial charge in [0.25, 0.3) is 0 Å². The van der Waals surface area contributed by atoms with Gasteiger partial charge < -0.3 is 4.47 Å². The monoisotopic (exact) mass is 158 g/mol. The highest BCUT2D eigenvalue weighted by Gasteiger charge is 2.16. The summed E-state index contributed by atoms with van der Waals surface area (Å²) in [5.74, 6) is 5.59. The van der Waals surface area contributed by atoms with Crippen molar-refractivity contribution in [1.82, 2.24) is 0 Å². The summed E-state index contributed by atoms with van der Waals surface area (Å²) in [5, 5.41) is 0. The summed E-state index contributed by atoms with van der Waals surface area (Å²) in [5.41, 5.74) is 1.34. The predicted octanol–water partition coefficient (Wildman–Crippen LogP) is 2.18. The van der Waals surface area contributed by atoms with Crippen LogP contribution in [0.4, 0.5) is 0 Å². The van der Waals surface area contributed by atoms with Gasteiger partial charge in [0.05, 0.1) is 0 Å². The number of hydrogen-bond donors (Lipinski definition) is 1. The molecule has 0 aliphatic rings. The van der Waals surface area contributed by atoms with Crippen LogP contribution in [0.2, 0.25) is 0 Å². The van der Waals surface area contributed by atoms with Crippen molar-refractivity contribution in [3.05, 3.63) is 11.6 Å². The first-order valence-electron chi connectivity index (χ1n) is 4.19. The molecule has 0 aromatic carbocycles. The zero-order valence-electron chi connectivity index (χ0n) is 8.05. The molecule has 0 saturated heterocycles. The summed E-state index contributed by atoms with van der Waals surface area (Å²) in [6.07, 6.45) is 4.66. The van der Waals surface area contributed by atoms with E-state index in [1.807, 2.05) is 7.11 Å². The molecule has 2 N–H and O–H groups in total. The minimum absolute atomic E-state index is 0.329. The lowest BCUT2D eigenvalue weighted by Crippen LogP contribution is -2.29. The molecular weight excluding hydrogens is 138 g/mol. The lowest BCUT2D eigenvalue weighted by atomic mass is 10.1. The molecule has 0 saturated carbocycles. The summed E-state index contributed by atoms with van der Waals surface area (Å²) < 4.78 is 2.52. The molecule has 66 valence electrons. The maximum Gasteiger partial charge on any atom is 0.199 e. The van der Waals surface area contributed by atoms with Gasteiger partial charge in [-0.1, -0.05) is 19.9 Å². The highest BCUT2D eigenvalue weighted by molar-refractivity contribution is 5.04. The number of allylic oxidation sites excluding steroid dienone is 1. The van der Waals surface area contributed by atoms with Crippen LogP contribution in [-0.2, 0) is 4.47 Å². The first-order chi connectivity index (χ1) is 5.13. The molecular formula is C9H20NO+. The summed E-state index contributed by atoms with van der Waals surface area (Å²) in [6, 6.07) is 0. The molecule has 2 heteroatoms. The van der Waals surface area contributed by atoms with Crippen LogP contribution in [0.15, 0.2) is 11.6 Å². The van der Waals surface area contributed by atoms with Crippen molar-refractivity contribution in [1.29, 1.82) is 0 Å². The molecule has 0 heterocycles. The fraction of sp³-hybridized carbons (Fsp3) is 0.778. The van der Waals surface area contributed by atoms with Crippen molar-refractivity contribution in [3.8, 4) is 0 Å². The van der Waals surface area contributed by atoms with Gasteiger partial charge in [-0.05, 0) is 13.3 Å². The second-order valence-corrected chi connectivity index (χ2v) is 2.86. The van der Waals surface area contributed by atoms with Gasteiger partial charge in [0, 0.05) is 12.0 Å². The molecule has 2 nitrogen and oxygen atoms in total. The Balaban J connectivity index is 4.13. The summed E-state index contributed by atoms with van der Waals surface area (Å²) in [4.78, 5) is 0. The van der Waals surface area contributed by atoms with Crippen molar-refractivity contribution >= 4 is 0 Å². The van der Waals surface area contributed by atoms with Crippen LogP contribution in [0.3, 0.4) is 0 Å². The number of rotatable bonds is 4. The molecule has 0 aliphatic heterocycles. The smallest absolute Gasteiger partial charge is 0.199 e. The Kier molecular flexibility index (Phi) is 5.16. The quantitative estimate of drug-likeness (QED) is 0.379. The normalized spacial score (nSPS) is 15.6. The first-order valence-corrected chi connectivity index (χ1v) is 4.19. The maximum atomic E-state index is 5.59. The largest absolute Gasteiger partial charge is 0.317 e. The van der Waals surface area contributed by atoms with E-state index in [2.05, 4.69) is 31.3 Å². The Morgan fingerprint density at radius 3 is 2.36 bits per heavy atom. The van der Waals surface area contributed by atoms with Crippen LogP contribution in [0, 0.1) is 0 Å². The maximum absolute atomic E-state index is 5.59. The van der Waals surface area contributed by atoms with Gasteiger partial charge in [-0.3, -0.25) is 0 Å². The highest BCUT2D eigenvalue weighted by atomic mass is 16.8. The Bertz CT molecular complexity index is 130. The average Bonchev–Trinajstić information content (AvgIpc) is 1.88. The first kappa shape index (κ1) is 10.7. The Labute approximate surface area is 69.7 Å². The van der Waals surface area contributed by atoms with Gasteiger partial charge in [0.2, 0.25) is 0 Å². The third kappa shape index (κ3) is 3.54. The zero-order chi connectivity index (χ0) is 8.85. The van der Waals surface area contributed by atoms with Gasteiger partial charge in [0.15, 0.2) is 13.2 Å². The molecule has 0 radical (unpaired) electrons. The minimum atomic E-state index is 0.329. The number of nitrogens with two attached hydrogens (primary N) is 1. The minimum Gasteiger partial charge on any atom is -0.317 e. The fourth-order valence-electron chi connectivity index (χ4n) is 1.33. The van der Waals surface area contributed by atoms with Crippen LogP contribution in [0.1, 0.15) is 33.6 Å².